The maximum Gasteiger partial charge on any atom is 0.251 e. The van der Waals surface area contributed by atoms with Crippen LogP contribution in [0, 0.1) is 0 Å². The Morgan fingerprint density at radius 3 is 2.75 bits per heavy atom. The molecule has 7 heteroatoms. The standard InChI is InChI=1S/C9H18F2N2O3/c1-16-5-2-12-9(15)7-13(3-4-14)6-8(10)11/h8,14H,2-7H2,1H3,(H,12,15). The number of amides is 1. The molecule has 0 aromatic rings. The molecular formula is C9H18F2N2O3. The molecule has 0 aliphatic carbocycles. The minimum Gasteiger partial charge on any atom is -0.395 e. The van der Waals surface area contributed by atoms with Crippen molar-refractivity contribution in [2.45, 2.75) is 6.43 Å². The molecule has 0 rings (SSSR count). The summed E-state index contributed by atoms with van der Waals surface area (Å²) in [6.45, 7) is -0.134. The lowest BCUT2D eigenvalue weighted by Crippen LogP contribution is -2.41. The lowest BCUT2D eigenvalue weighted by atomic mass is 10.4. The summed E-state index contributed by atoms with van der Waals surface area (Å²) in [5.74, 6) is -0.355. The van der Waals surface area contributed by atoms with Gasteiger partial charge in [-0.2, -0.15) is 0 Å². The van der Waals surface area contributed by atoms with Gasteiger partial charge in [0.15, 0.2) is 0 Å². The number of alkyl halides is 2. The number of aliphatic hydroxyl groups is 1. The van der Waals surface area contributed by atoms with E-state index in [1.165, 1.54) is 12.0 Å². The molecule has 0 radical (unpaired) electrons. The van der Waals surface area contributed by atoms with E-state index in [1.54, 1.807) is 0 Å². The average Bonchev–Trinajstić information content (AvgIpc) is 2.17. The predicted molar refractivity (Wildman–Crippen MR) is 54.4 cm³/mol. The summed E-state index contributed by atoms with van der Waals surface area (Å²) in [5.41, 5.74) is 0. The van der Waals surface area contributed by atoms with Crippen molar-refractivity contribution in [3.63, 3.8) is 0 Å². The van der Waals surface area contributed by atoms with Crippen LogP contribution in [0.1, 0.15) is 0 Å². The summed E-state index contributed by atoms with van der Waals surface area (Å²) in [5, 5.41) is 11.2. The van der Waals surface area contributed by atoms with Gasteiger partial charge in [0.2, 0.25) is 5.91 Å². The van der Waals surface area contributed by atoms with Crippen molar-refractivity contribution in [1.29, 1.82) is 0 Å². The van der Waals surface area contributed by atoms with E-state index in [1.807, 2.05) is 0 Å². The first kappa shape index (κ1) is 15.2. The molecule has 0 aliphatic rings. The normalized spacial score (nSPS) is 11.1. The van der Waals surface area contributed by atoms with Crippen molar-refractivity contribution in [2.24, 2.45) is 0 Å². The van der Waals surface area contributed by atoms with Crippen molar-refractivity contribution in [3.05, 3.63) is 0 Å². The molecule has 0 aliphatic heterocycles. The van der Waals surface area contributed by atoms with Gasteiger partial charge in [0.05, 0.1) is 26.3 Å². The van der Waals surface area contributed by atoms with Gasteiger partial charge in [0, 0.05) is 20.2 Å². The smallest absolute Gasteiger partial charge is 0.251 e. The molecule has 0 atom stereocenters. The van der Waals surface area contributed by atoms with Gasteiger partial charge in [0.1, 0.15) is 0 Å². The van der Waals surface area contributed by atoms with E-state index in [2.05, 4.69) is 5.32 Å². The second kappa shape index (κ2) is 9.44. The Balaban J connectivity index is 3.83. The van der Waals surface area contributed by atoms with Crippen LogP contribution >= 0.6 is 0 Å². The lowest BCUT2D eigenvalue weighted by molar-refractivity contribution is -0.122. The van der Waals surface area contributed by atoms with Crippen molar-refractivity contribution in [2.75, 3.05) is 46.5 Å². The van der Waals surface area contributed by atoms with E-state index in [4.69, 9.17) is 9.84 Å². The number of hydrogen-bond donors (Lipinski definition) is 2. The summed E-state index contributed by atoms with van der Waals surface area (Å²) in [6.07, 6.45) is -2.52. The molecule has 0 bridgehead atoms. The number of hydrogen-bond acceptors (Lipinski definition) is 4. The third kappa shape index (κ3) is 8.51. The first-order valence-corrected chi connectivity index (χ1v) is 4.97. The van der Waals surface area contributed by atoms with Crippen LogP contribution in [0.2, 0.25) is 0 Å². The third-order valence-corrected chi connectivity index (χ3v) is 1.81. The SMILES string of the molecule is COCCNC(=O)CN(CCO)CC(F)F. The Hall–Kier alpha value is -0.790. The molecule has 0 spiro atoms. The zero-order chi connectivity index (χ0) is 12.4. The number of aliphatic hydroxyl groups excluding tert-OH is 1. The van der Waals surface area contributed by atoms with Gasteiger partial charge in [-0.3, -0.25) is 9.69 Å². The first-order valence-electron chi connectivity index (χ1n) is 4.97. The van der Waals surface area contributed by atoms with Crippen LogP contribution in [-0.2, 0) is 9.53 Å². The van der Waals surface area contributed by atoms with Gasteiger partial charge in [-0.15, -0.1) is 0 Å². The van der Waals surface area contributed by atoms with Gasteiger partial charge >= 0.3 is 0 Å². The minimum atomic E-state index is -2.52. The maximum atomic E-state index is 12.1. The predicted octanol–water partition coefficient (Wildman–Crippen LogP) is -0.692. The fraction of sp³-hybridized carbons (Fsp3) is 0.889. The van der Waals surface area contributed by atoms with Crippen LogP contribution in [0.15, 0.2) is 0 Å². The quantitative estimate of drug-likeness (QED) is 0.524. The van der Waals surface area contributed by atoms with E-state index in [9.17, 15) is 13.6 Å². The van der Waals surface area contributed by atoms with Gasteiger partial charge in [-0.05, 0) is 0 Å². The Bertz CT molecular complexity index is 194. The topological polar surface area (TPSA) is 61.8 Å². The molecule has 0 fully saturated rings. The van der Waals surface area contributed by atoms with Gasteiger partial charge in [-0.1, -0.05) is 0 Å². The highest BCUT2D eigenvalue weighted by atomic mass is 19.3. The van der Waals surface area contributed by atoms with Crippen LogP contribution in [0.5, 0.6) is 0 Å². The highest BCUT2D eigenvalue weighted by Crippen LogP contribution is 1.97. The molecule has 0 saturated heterocycles. The summed E-state index contributed by atoms with van der Waals surface area (Å²) in [6, 6.07) is 0. The largest absolute Gasteiger partial charge is 0.395 e. The van der Waals surface area contributed by atoms with Gasteiger partial charge < -0.3 is 15.2 Å². The maximum absolute atomic E-state index is 12.1. The molecule has 0 saturated carbocycles. The van der Waals surface area contributed by atoms with E-state index in [0.717, 1.165) is 0 Å². The number of methoxy groups -OCH3 is 1. The summed E-state index contributed by atoms with van der Waals surface area (Å²) < 4.78 is 28.9. The van der Waals surface area contributed by atoms with E-state index in [0.29, 0.717) is 13.2 Å². The van der Waals surface area contributed by atoms with Gasteiger partial charge in [0.25, 0.3) is 6.43 Å². The first-order chi connectivity index (χ1) is 7.60. The zero-order valence-corrected chi connectivity index (χ0v) is 9.29. The number of ether oxygens (including phenoxy) is 1. The van der Waals surface area contributed by atoms with Crippen LogP contribution < -0.4 is 5.32 Å². The number of rotatable bonds is 9. The van der Waals surface area contributed by atoms with E-state index < -0.39 is 13.0 Å². The van der Waals surface area contributed by atoms with Crippen LogP contribution in [0.3, 0.4) is 0 Å². The number of carbonyl (C=O) groups is 1. The Morgan fingerprint density at radius 2 is 2.25 bits per heavy atom. The summed E-state index contributed by atoms with van der Waals surface area (Å²) in [7, 11) is 1.50. The summed E-state index contributed by atoms with van der Waals surface area (Å²) >= 11 is 0. The average molecular weight is 240 g/mol. The zero-order valence-electron chi connectivity index (χ0n) is 9.29. The fourth-order valence-electron chi connectivity index (χ4n) is 1.12. The van der Waals surface area contributed by atoms with Crippen LogP contribution in [0.25, 0.3) is 0 Å². The van der Waals surface area contributed by atoms with Crippen LogP contribution in [-0.4, -0.2) is 68.8 Å². The second-order valence-corrected chi connectivity index (χ2v) is 3.19. The fourth-order valence-corrected chi connectivity index (χ4v) is 1.12. The van der Waals surface area contributed by atoms with Crippen molar-refractivity contribution in [3.8, 4) is 0 Å². The molecular weight excluding hydrogens is 222 g/mol. The Morgan fingerprint density at radius 1 is 1.56 bits per heavy atom. The van der Waals surface area contributed by atoms with Crippen LogP contribution in [0.4, 0.5) is 8.78 Å². The molecule has 16 heavy (non-hydrogen) atoms. The number of halogens is 2. The van der Waals surface area contributed by atoms with Crippen molar-refractivity contribution in [1.82, 2.24) is 10.2 Å². The van der Waals surface area contributed by atoms with Crippen molar-refractivity contribution >= 4 is 5.91 Å². The minimum absolute atomic E-state index is 0.0576. The summed E-state index contributed by atoms with van der Waals surface area (Å²) in [4.78, 5) is 12.5. The van der Waals surface area contributed by atoms with E-state index in [-0.39, 0.29) is 25.6 Å². The van der Waals surface area contributed by atoms with Gasteiger partial charge in [-0.25, -0.2) is 8.78 Å². The van der Waals surface area contributed by atoms with Crippen molar-refractivity contribution < 1.29 is 23.4 Å². The number of nitrogens with one attached hydrogen (secondary N) is 1. The monoisotopic (exact) mass is 240 g/mol. The van der Waals surface area contributed by atoms with E-state index >= 15 is 0 Å². The number of nitrogens with zero attached hydrogens (tertiary/aromatic N) is 1. The molecule has 0 aromatic carbocycles. The highest BCUT2D eigenvalue weighted by molar-refractivity contribution is 5.77. The molecule has 96 valence electrons. The Labute approximate surface area is 93.4 Å². The number of carbonyl (C=O) groups excluding carboxylic acids is 1. The molecule has 0 unspecified atom stereocenters. The molecule has 2 N–H and O–H groups in total. The second-order valence-electron chi connectivity index (χ2n) is 3.19. The Kier molecular flexibility index (Phi) is 8.97. The molecule has 0 heterocycles. The lowest BCUT2D eigenvalue weighted by Gasteiger charge is -2.19. The molecule has 0 aromatic heterocycles. The molecule has 5 nitrogen and oxygen atoms in total. The third-order valence-electron chi connectivity index (χ3n) is 1.81. The highest BCUT2D eigenvalue weighted by Gasteiger charge is 2.14. The molecule has 1 amide bonds.